The monoisotopic (exact) mass is 385 g/mol. The number of nitrogens with one attached hydrogen (secondary N) is 2. The fraction of sp³-hybridized carbons (Fsp3) is 0.381. The van der Waals surface area contributed by atoms with E-state index in [1.807, 2.05) is 39.0 Å². The van der Waals surface area contributed by atoms with Gasteiger partial charge in [0.1, 0.15) is 5.75 Å². The second-order valence-electron chi connectivity index (χ2n) is 6.57. The molecule has 1 aromatic carbocycles. The fourth-order valence-corrected chi connectivity index (χ4v) is 2.47. The van der Waals surface area contributed by atoms with Crippen LogP contribution in [-0.2, 0) is 11.2 Å². The molecule has 0 bridgehead atoms. The van der Waals surface area contributed by atoms with Crippen LogP contribution in [0, 0.1) is 20.8 Å². The number of carbonyl (C=O) groups excluding carboxylic acids is 2. The summed E-state index contributed by atoms with van der Waals surface area (Å²) in [6.07, 6.45) is 1.02. The largest absolute Gasteiger partial charge is 0.484 e. The predicted molar refractivity (Wildman–Crippen MR) is 106 cm³/mol. The number of aromatic nitrogens is 1. The van der Waals surface area contributed by atoms with Crippen LogP contribution in [0.2, 0.25) is 0 Å². The van der Waals surface area contributed by atoms with Gasteiger partial charge >= 0.3 is 0 Å². The highest BCUT2D eigenvalue weighted by atomic mass is 16.5. The van der Waals surface area contributed by atoms with Crippen LogP contribution in [-0.4, -0.2) is 29.9 Å². The van der Waals surface area contributed by atoms with Crippen LogP contribution in [0.1, 0.15) is 46.6 Å². The second-order valence-corrected chi connectivity index (χ2v) is 6.57. The SMILES string of the molecule is C=C(CCNC(=O)c1oc(CC)nc1C)NC(=O)COc1ccc(C)c(C)c1. The quantitative estimate of drug-likeness (QED) is 0.692. The number of nitrogens with zero attached hydrogens (tertiary/aromatic N) is 1. The van der Waals surface area contributed by atoms with Gasteiger partial charge < -0.3 is 19.8 Å². The number of aryl methyl sites for hydroxylation is 4. The number of ether oxygens (including phenoxy) is 1. The highest BCUT2D eigenvalue weighted by Gasteiger charge is 2.16. The third-order valence-electron chi connectivity index (χ3n) is 4.23. The Labute approximate surface area is 165 Å². The first-order valence-electron chi connectivity index (χ1n) is 9.22. The van der Waals surface area contributed by atoms with E-state index in [1.165, 1.54) is 5.56 Å². The molecular weight excluding hydrogens is 358 g/mol. The van der Waals surface area contributed by atoms with Gasteiger partial charge in [0.2, 0.25) is 5.76 Å². The van der Waals surface area contributed by atoms with Gasteiger partial charge in [-0.15, -0.1) is 0 Å². The summed E-state index contributed by atoms with van der Waals surface area (Å²) in [5.74, 6) is 0.761. The van der Waals surface area contributed by atoms with Gasteiger partial charge in [0.05, 0.1) is 5.69 Å². The summed E-state index contributed by atoms with van der Waals surface area (Å²) in [6.45, 7) is 11.7. The minimum Gasteiger partial charge on any atom is -0.484 e. The Morgan fingerprint density at radius 1 is 1.21 bits per heavy atom. The van der Waals surface area contributed by atoms with Crippen molar-refractivity contribution in [3.8, 4) is 5.75 Å². The van der Waals surface area contributed by atoms with Gasteiger partial charge in [-0.25, -0.2) is 4.98 Å². The lowest BCUT2D eigenvalue weighted by Gasteiger charge is -2.11. The van der Waals surface area contributed by atoms with E-state index >= 15 is 0 Å². The normalized spacial score (nSPS) is 10.4. The number of amides is 2. The maximum absolute atomic E-state index is 12.1. The molecule has 2 rings (SSSR count). The third kappa shape index (κ3) is 5.97. The maximum atomic E-state index is 12.1. The molecule has 28 heavy (non-hydrogen) atoms. The van der Waals surface area contributed by atoms with E-state index in [1.54, 1.807) is 6.92 Å². The van der Waals surface area contributed by atoms with Crippen LogP contribution >= 0.6 is 0 Å². The Kier molecular flexibility index (Phi) is 7.37. The minimum atomic E-state index is -0.332. The lowest BCUT2D eigenvalue weighted by Crippen LogP contribution is -2.31. The Hall–Kier alpha value is -3.09. The van der Waals surface area contributed by atoms with Gasteiger partial charge in [-0.2, -0.15) is 0 Å². The molecule has 7 heteroatoms. The zero-order valence-corrected chi connectivity index (χ0v) is 16.8. The number of hydrogen-bond acceptors (Lipinski definition) is 5. The Balaban J connectivity index is 1.71. The first kappa shape index (κ1) is 21.2. The lowest BCUT2D eigenvalue weighted by molar-refractivity contribution is -0.122. The van der Waals surface area contributed by atoms with Gasteiger partial charge in [0, 0.05) is 25.1 Å². The molecule has 2 N–H and O–H groups in total. The van der Waals surface area contributed by atoms with Crippen LogP contribution < -0.4 is 15.4 Å². The van der Waals surface area contributed by atoms with Crippen LogP contribution in [0.3, 0.4) is 0 Å². The first-order valence-corrected chi connectivity index (χ1v) is 9.22. The van der Waals surface area contributed by atoms with E-state index in [2.05, 4.69) is 22.2 Å². The van der Waals surface area contributed by atoms with Crippen LogP contribution in [0.15, 0.2) is 34.9 Å². The van der Waals surface area contributed by atoms with Gasteiger partial charge in [-0.3, -0.25) is 9.59 Å². The van der Waals surface area contributed by atoms with Crippen molar-refractivity contribution in [2.45, 2.75) is 40.5 Å². The van der Waals surface area contributed by atoms with E-state index in [-0.39, 0.29) is 24.2 Å². The van der Waals surface area contributed by atoms with Gasteiger partial charge in [-0.1, -0.05) is 19.6 Å². The van der Waals surface area contributed by atoms with Crippen LogP contribution in [0.5, 0.6) is 5.75 Å². The Morgan fingerprint density at radius 3 is 2.61 bits per heavy atom. The average molecular weight is 385 g/mol. The molecule has 0 saturated heterocycles. The van der Waals surface area contributed by atoms with E-state index in [4.69, 9.17) is 9.15 Å². The third-order valence-corrected chi connectivity index (χ3v) is 4.23. The van der Waals surface area contributed by atoms with Crippen molar-refractivity contribution in [1.29, 1.82) is 0 Å². The second kappa shape index (κ2) is 9.73. The van der Waals surface area contributed by atoms with E-state index in [0.717, 1.165) is 5.56 Å². The van der Waals surface area contributed by atoms with Crippen molar-refractivity contribution < 1.29 is 18.7 Å². The molecule has 1 aromatic heterocycles. The molecule has 0 aliphatic heterocycles. The van der Waals surface area contributed by atoms with Gasteiger partial charge in [0.15, 0.2) is 12.5 Å². The smallest absolute Gasteiger partial charge is 0.289 e. The molecule has 2 amide bonds. The number of hydrogen-bond donors (Lipinski definition) is 2. The van der Waals surface area contributed by atoms with Crippen molar-refractivity contribution in [3.63, 3.8) is 0 Å². The lowest BCUT2D eigenvalue weighted by atomic mass is 10.1. The van der Waals surface area contributed by atoms with E-state index < -0.39 is 0 Å². The van der Waals surface area contributed by atoms with Gasteiger partial charge in [0.25, 0.3) is 11.8 Å². The molecular formula is C21H27N3O4. The molecule has 1 heterocycles. The van der Waals surface area contributed by atoms with Crippen molar-refractivity contribution in [3.05, 3.63) is 58.9 Å². The average Bonchev–Trinajstić information content (AvgIpc) is 3.03. The maximum Gasteiger partial charge on any atom is 0.289 e. The minimum absolute atomic E-state index is 0.106. The summed E-state index contributed by atoms with van der Waals surface area (Å²) in [7, 11) is 0. The first-order chi connectivity index (χ1) is 13.3. The van der Waals surface area contributed by atoms with E-state index in [0.29, 0.717) is 42.4 Å². The van der Waals surface area contributed by atoms with Crippen molar-refractivity contribution in [1.82, 2.24) is 15.6 Å². The van der Waals surface area contributed by atoms with Crippen molar-refractivity contribution in [2.24, 2.45) is 0 Å². The van der Waals surface area contributed by atoms with Crippen LogP contribution in [0.25, 0.3) is 0 Å². The zero-order chi connectivity index (χ0) is 20.7. The molecule has 7 nitrogen and oxygen atoms in total. The highest BCUT2D eigenvalue weighted by Crippen LogP contribution is 2.16. The predicted octanol–water partition coefficient (Wildman–Crippen LogP) is 2.99. The molecule has 0 atom stereocenters. The number of oxazole rings is 1. The van der Waals surface area contributed by atoms with E-state index in [9.17, 15) is 9.59 Å². The molecule has 0 fully saturated rings. The summed E-state index contributed by atoms with van der Waals surface area (Å²) in [6, 6.07) is 5.67. The zero-order valence-electron chi connectivity index (χ0n) is 16.8. The summed E-state index contributed by atoms with van der Waals surface area (Å²) >= 11 is 0. The molecule has 0 unspecified atom stereocenters. The summed E-state index contributed by atoms with van der Waals surface area (Å²) < 4.78 is 10.9. The molecule has 0 saturated carbocycles. The summed E-state index contributed by atoms with van der Waals surface area (Å²) in [4.78, 5) is 28.3. The standard InChI is InChI=1S/C21H27N3O4/c1-6-19-24-16(5)20(28-19)21(26)22-10-9-15(4)23-18(25)12-27-17-8-7-13(2)14(3)11-17/h7-8,11H,4,6,9-10,12H2,1-3,5H3,(H,22,26)(H,23,25). The summed E-state index contributed by atoms with van der Waals surface area (Å²) in [5.41, 5.74) is 3.33. The van der Waals surface area contributed by atoms with Gasteiger partial charge in [-0.05, 0) is 44.0 Å². The van der Waals surface area contributed by atoms with Crippen LogP contribution in [0.4, 0.5) is 0 Å². The Morgan fingerprint density at radius 2 is 1.96 bits per heavy atom. The molecule has 150 valence electrons. The number of carbonyl (C=O) groups is 2. The molecule has 0 aliphatic carbocycles. The molecule has 0 spiro atoms. The summed E-state index contributed by atoms with van der Waals surface area (Å²) in [5, 5.41) is 5.40. The number of rotatable bonds is 9. The Bertz CT molecular complexity index is 871. The molecule has 2 aromatic rings. The molecule has 0 radical (unpaired) electrons. The fourth-order valence-electron chi connectivity index (χ4n) is 2.47. The number of benzene rings is 1. The molecule has 0 aliphatic rings. The topological polar surface area (TPSA) is 93.5 Å². The van der Waals surface area contributed by atoms with Crippen molar-refractivity contribution in [2.75, 3.05) is 13.2 Å². The highest BCUT2D eigenvalue weighted by molar-refractivity contribution is 5.92. The van der Waals surface area contributed by atoms with Crippen molar-refractivity contribution >= 4 is 11.8 Å².